The summed E-state index contributed by atoms with van der Waals surface area (Å²) in [6, 6.07) is 5.68. The van der Waals surface area contributed by atoms with Gasteiger partial charge in [-0.05, 0) is 25.5 Å². The molecule has 1 heterocycles. The third kappa shape index (κ3) is 2.42. The normalized spacial score (nSPS) is 13.2. The topological polar surface area (TPSA) is 41.6 Å². The van der Waals surface area contributed by atoms with Gasteiger partial charge in [0.05, 0.1) is 11.3 Å². The summed E-state index contributed by atoms with van der Waals surface area (Å²) in [6.07, 6.45) is 0.966. The molecule has 1 amide bonds. The lowest BCUT2D eigenvalue weighted by Gasteiger charge is -2.25. The largest absolute Gasteiger partial charge is 0.489 e. The SMILES string of the molecule is CCCN(CC)C(=O)c1cccc2c1OCCN2. The van der Waals surface area contributed by atoms with Crippen LogP contribution in [0, 0.1) is 0 Å². The minimum absolute atomic E-state index is 0.0555. The van der Waals surface area contributed by atoms with Gasteiger partial charge >= 0.3 is 0 Å². The molecular weight excluding hydrogens is 228 g/mol. The Morgan fingerprint density at radius 1 is 1.44 bits per heavy atom. The van der Waals surface area contributed by atoms with Crippen LogP contribution in [0.5, 0.6) is 5.75 Å². The number of amides is 1. The lowest BCUT2D eigenvalue weighted by Crippen LogP contribution is -2.32. The van der Waals surface area contributed by atoms with Crippen molar-refractivity contribution >= 4 is 11.6 Å². The number of fused-ring (bicyclic) bond motifs is 1. The first kappa shape index (κ1) is 12.7. The van der Waals surface area contributed by atoms with Crippen molar-refractivity contribution < 1.29 is 9.53 Å². The highest BCUT2D eigenvalue weighted by atomic mass is 16.5. The van der Waals surface area contributed by atoms with E-state index in [1.165, 1.54) is 0 Å². The number of nitrogens with one attached hydrogen (secondary N) is 1. The van der Waals surface area contributed by atoms with Gasteiger partial charge in [0, 0.05) is 19.6 Å². The minimum Gasteiger partial charge on any atom is -0.489 e. The van der Waals surface area contributed by atoms with E-state index in [9.17, 15) is 4.79 Å². The summed E-state index contributed by atoms with van der Waals surface area (Å²) in [5.74, 6) is 0.753. The molecule has 0 spiro atoms. The van der Waals surface area contributed by atoms with E-state index in [1.807, 2.05) is 30.0 Å². The summed E-state index contributed by atoms with van der Waals surface area (Å²) in [6.45, 7) is 6.99. The predicted octanol–water partition coefficient (Wildman–Crippen LogP) is 2.36. The fourth-order valence-corrected chi connectivity index (χ4v) is 2.18. The molecule has 2 rings (SSSR count). The Morgan fingerprint density at radius 3 is 3.00 bits per heavy atom. The van der Waals surface area contributed by atoms with Gasteiger partial charge in [-0.25, -0.2) is 0 Å². The molecule has 0 aromatic heterocycles. The van der Waals surface area contributed by atoms with Crippen LogP contribution in [0.15, 0.2) is 18.2 Å². The third-order valence-corrected chi connectivity index (χ3v) is 3.07. The molecule has 0 bridgehead atoms. The Bertz CT molecular complexity index is 432. The van der Waals surface area contributed by atoms with Crippen molar-refractivity contribution in [3.63, 3.8) is 0 Å². The minimum atomic E-state index is 0.0555. The first-order chi connectivity index (χ1) is 8.77. The Balaban J connectivity index is 2.29. The third-order valence-electron chi connectivity index (χ3n) is 3.07. The summed E-state index contributed by atoms with van der Waals surface area (Å²) in [7, 11) is 0. The first-order valence-electron chi connectivity index (χ1n) is 6.56. The van der Waals surface area contributed by atoms with Crippen LogP contribution in [0.3, 0.4) is 0 Å². The van der Waals surface area contributed by atoms with Crippen molar-refractivity contribution in [3.05, 3.63) is 23.8 Å². The van der Waals surface area contributed by atoms with Gasteiger partial charge in [-0.3, -0.25) is 4.79 Å². The van der Waals surface area contributed by atoms with E-state index < -0.39 is 0 Å². The van der Waals surface area contributed by atoms with E-state index in [-0.39, 0.29) is 5.91 Å². The van der Waals surface area contributed by atoms with Gasteiger partial charge in [0.2, 0.25) is 0 Å². The summed E-state index contributed by atoms with van der Waals surface area (Å²) < 4.78 is 5.64. The van der Waals surface area contributed by atoms with Gasteiger partial charge < -0.3 is 15.0 Å². The number of ether oxygens (including phenoxy) is 1. The molecular formula is C14H20N2O2. The van der Waals surface area contributed by atoms with Crippen molar-refractivity contribution in [1.29, 1.82) is 0 Å². The number of hydrogen-bond acceptors (Lipinski definition) is 3. The van der Waals surface area contributed by atoms with Crippen LogP contribution < -0.4 is 10.1 Å². The molecule has 0 atom stereocenters. The number of carbonyl (C=O) groups excluding carboxylic acids is 1. The fourth-order valence-electron chi connectivity index (χ4n) is 2.18. The number of nitrogens with zero attached hydrogens (tertiary/aromatic N) is 1. The predicted molar refractivity (Wildman–Crippen MR) is 72.3 cm³/mol. The molecule has 0 saturated heterocycles. The Kier molecular flexibility index (Phi) is 4.07. The summed E-state index contributed by atoms with van der Waals surface area (Å²) >= 11 is 0. The first-order valence-corrected chi connectivity index (χ1v) is 6.56. The number of benzene rings is 1. The molecule has 1 aromatic carbocycles. The summed E-state index contributed by atoms with van der Waals surface area (Å²) in [5.41, 5.74) is 1.58. The number of para-hydroxylation sites is 1. The van der Waals surface area contributed by atoms with Crippen LogP contribution in [0.4, 0.5) is 5.69 Å². The van der Waals surface area contributed by atoms with Crippen LogP contribution in [0.25, 0.3) is 0 Å². The van der Waals surface area contributed by atoms with E-state index >= 15 is 0 Å². The van der Waals surface area contributed by atoms with Gasteiger partial charge in [0.25, 0.3) is 5.91 Å². The highest BCUT2D eigenvalue weighted by Gasteiger charge is 2.22. The fraction of sp³-hybridized carbons (Fsp3) is 0.500. The maximum Gasteiger partial charge on any atom is 0.257 e. The van der Waals surface area contributed by atoms with E-state index in [4.69, 9.17) is 4.74 Å². The standard InChI is InChI=1S/C14H20N2O2/c1-3-9-16(4-2)14(17)11-6-5-7-12-13(11)18-10-8-15-12/h5-7,15H,3-4,8-10H2,1-2H3. The average molecular weight is 248 g/mol. The Hall–Kier alpha value is -1.71. The monoisotopic (exact) mass is 248 g/mol. The zero-order valence-electron chi connectivity index (χ0n) is 11.0. The highest BCUT2D eigenvalue weighted by molar-refractivity contribution is 5.99. The second-order valence-corrected chi connectivity index (χ2v) is 4.34. The molecule has 1 N–H and O–H groups in total. The van der Waals surface area contributed by atoms with Gasteiger partial charge in [0.1, 0.15) is 6.61 Å². The van der Waals surface area contributed by atoms with Gasteiger partial charge in [-0.1, -0.05) is 13.0 Å². The van der Waals surface area contributed by atoms with Crippen LogP contribution in [-0.4, -0.2) is 37.0 Å². The second-order valence-electron chi connectivity index (χ2n) is 4.34. The number of anilines is 1. The van der Waals surface area contributed by atoms with Crippen molar-refractivity contribution in [1.82, 2.24) is 4.90 Å². The quantitative estimate of drug-likeness (QED) is 0.889. The van der Waals surface area contributed by atoms with Crippen LogP contribution >= 0.6 is 0 Å². The molecule has 0 saturated carbocycles. The molecule has 1 aromatic rings. The van der Waals surface area contributed by atoms with Crippen LogP contribution in [-0.2, 0) is 0 Å². The summed E-state index contributed by atoms with van der Waals surface area (Å²) in [5, 5.41) is 3.25. The zero-order chi connectivity index (χ0) is 13.0. The van der Waals surface area contributed by atoms with Crippen LogP contribution in [0.1, 0.15) is 30.6 Å². The second kappa shape index (κ2) is 5.76. The molecule has 4 heteroatoms. The lowest BCUT2D eigenvalue weighted by molar-refractivity contribution is 0.0760. The lowest BCUT2D eigenvalue weighted by atomic mass is 10.1. The van der Waals surface area contributed by atoms with Crippen molar-refractivity contribution in [2.45, 2.75) is 20.3 Å². The highest BCUT2D eigenvalue weighted by Crippen LogP contribution is 2.31. The maximum absolute atomic E-state index is 12.5. The van der Waals surface area contributed by atoms with E-state index in [0.717, 1.165) is 31.7 Å². The van der Waals surface area contributed by atoms with Crippen molar-refractivity contribution in [3.8, 4) is 5.75 Å². The maximum atomic E-state index is 12.5. The van der Waals surface area contributed by atoms with Gasteiger partial charge in [-0.2, -0.15) is 0 Å². The van der Waals surface area contributed by atoms with Gasteiger partial charge in [-0.15, -0.1) is 0 Å². The molecule has 1 aliphatic rings. The van der Waals surface area contributed by atoms with Crippen molar-refractivity contribution in [2.24, 2.45) is 0 Å². The summed E-state index contributed by atoms with van der Waals surface area (Å²) in [4.78, 5) is 14.3. The average Bonchev–Trinajstić information content (AvgIpc) is 2.43. The molecule has 18 heavy (non-hydrogen) atoms. The van der Waals surface area contributed by atoms with E-state index in [2.05, 4.69) is 12.2 Å². The molecule has 0 radical (unpaired) electrons. The zero-order valence-corrected chi connectivity index (χ0v) is 11.0. The molecule has 4 nitrogen and oxygen atoms in total. The van der Waals surface area contributed by atoms with Gasteiger partial charge in [0.15, 0.2) is 5.75 Å². The number of hydrogen-bond donors (Lipinski definition) is 1. The smallest absolute Gasteiger partial charge is 0.257 e. The Labute approximate surface area is 108 Å². The van der Waals surface area contributed by atoms with E-state index in [0.29, 0.717) is 17.9 Å². The molecule has 98 valence electrons. The van der Waals surface area contributed by atoms with Crippen molar-refractivity contribution in [2.75, 3.05) is 31.6 Å². The van der Waals surface area contributed by atoms with E-state index in [1.54, 1.807) is 0 Å². The molecule has 1 aliphatic heterocycles. The number of rotatable bonds is 4. The molecule has 0 fully saturated rings. The molecule has 0 aliphatic carbocycles. The molecule has 0 unspecified atom stereocenters. The Morgan fingerprint density at radius 2 is 2.28 bits per heavy atom. The number of carbonyl (C=O) groups is 1. The van der Waals surface area contributed by atoms with Crippen LogP contribution in [0.2, 0.25) is 0 Å².